The van der Waals surface area contributed by atoms with Crippen LogP contribution in [0.15, 0.2) is 0 Å². The van der Waals surface area contributed by atoms with Gasteiger partial charge in [0.2, 0.25) is 0 Å². The Bertz CT molecular complexity index is 51.6. The van der Waals surface area contributed by atoms with Gasteiger partial charge < -0.3 is 10.6 Å². The molecule has 0 aliphatic rings. The molecule has 0 unspecified atom stereocenters. The van der Waals surface area contributed by atoms with Crippen LogP contribution >= 0.6 is 11.8 Å². The zero-order valence-electron chi connectivity index (χ0n) is 6.94. The van der Waals surface area contributed by atoms with Crippen LogP contribution in [0.3, 0.4) is 0 Å². The fourth-order valence-corrected chi connectivity index (χ4v) is 1.00. The lowest BCUT2D eigenvalue weighted by atomic mass is 10.5. The summed E-state index contributed by atoms with van der Waals surface area (Å²) < 4.78 is 0. The highest BCUT2D eigenvalue weighted by Gasteiger charge is 1.84. The molecule has 0 heterocycles. The summed E-state index contributed by atoms with van der Waals surface area (Å²) in [5, 5.41) is 6.59. The molecule has 0 saturated heterocycles. The van der Waals surface area contributed by atoms with Gasteiger partial charge >= 0.3 is 0 Å². The molecule has 0 aliphatic carbocycles. The zero-order valence-corrected chi connectivity index (χ0v) is 7.76. The zero-order chi connectivity index (χ0) is 7.66. The van der Waals surface area contributed by atoms with Gasteiger partial charge in [-0.25, -0.2) is 0 Å². The van der Waals surface area contributed by atoms with E-state index in [1.807, 2.05) is 11.8 Å². The smallest absolute Gasteiger partial charge is 0.00770 e. The molecule has 0 aromatic carbocycles. The summed E-state index contributed by atoms with van der Waals surface area (Å²) in [6.45, 7) is 6.51. The van der Waals surface area contributed by atoms with Gasteiger partial charge in [-0.3, -0.25) is 0 Å². The minimum Gasteiger partial charge on any atom is -0.316 e. The second-order valence-electron chi connectivity index (χ2n) is 2.10. The minimum absolute atomic E-state index is 1.07. The van der Waals surface area contributed by atoms with Crippen LogP contribution in [-0.2, 0) is 0 Å². The number of hydrogen-bond acceptors (Lipinski definition) is 3. The van der Waals surface area contributed by atoms with E-state index in [0.29, 0.717) is 0 Å². The average molecular weight is 162 g/mol. The Morgan fingerprint density at radius 1 is 1.10 bits per heavy atom. The van der Waals surface area contributed by atoms with E-state index in [1.54, 1.807) is 0 Å². The lowest BCUT2D eigenvalue weighted by molar-refractivity contribution is 0.643. The van der Waals surface area contributed by atoms with E-state index in [0.717, 1.165) is 26.2 Å². The van der Waals surface area contributed by atoms with Crippen LogP contribution in [0.5, 0.6) is 0 Å². The summed E-state index contributed by atoms with van der Waals surface area (Å²) in [7, 11) is 0. The summed E-state index contributed by atoms with van der Waals surface area (Å²) in [4.78, 5) is 0. The van der Waals surface area contributed by atoms with Crippen molar-refractivity contribution in [2.75, 3.05) is 38.2 Å². The van der Waals surface area contributed by atoms with E-state index in [2.05, 4.69) is 23.8 Å². The Hall–Kier alpha value is 0.270. The summed E-state index contributed by atoms with van der Waals surface area (Å²) in [6, 6.07) is 0. The topological polar surface area (TPSA) is 24.1 Å². The number of rotatable bonds is 7. The molecular formula is C7H18N2S. The second-order valence-corrected chi connectivity index (χ2v) is 3.08. The van der Waals surface area contributed by atoms with Crippen LogP contribution in [0, 0.1) is 0 Å². The van der Waals surface area contributed by atoms with Gasteiger partial charge in [-0.05, 0) is 12.8 Å². The van der Waals surface area contributed by atoms with Crippen molar-refractivity contribution in [3.05, 3.63) is 0 Å². The third-order valence-electron chi connectivity index (χ3n) is 1.21. The second kappa shape index (κ2) is 9.27. The van der Waals surface area contributed by atoms with Crippen LogP contribution < -0.4 is 10.6 Å². The van der Waals surface area contributed by atoms with E-state index in [9.17, 15) is 0 Å². The fraction of sp³-hybridized carbons (Fsp3) is 1.00. The maximum Gasteiger partial charge on any atom is 0.00770 e. The average Bonchev–Trinajstić information content (AvgIpc) is 1.97. The van der Waals surface area contributed by atoms with Gasteiger partial charge in [0, 0.05) is 25.4 Å². The Kier molecular flexibility index (Phi) is 9.52. The molecule has 3 heteroatoms. The minimum atomic E-state index is 1.07. The van der Waals surface area contributed by atoms with Crippen LogP contribution in [0.4, 0.5) is 0 Å². The Morgan fingerprint density at radius 2 is 1.80 bits per heavy atom. The van der Waals surface area contributed by atoms with Crippen molar-refractivity contribution >= 4 is 11.8 Å². The number of thioether (sulfide) groups is 1. The molecular weight excluding hydrogens is 144 g/mol. The Balaban J connectivity index is 2.65. The van der Waals surface area contributed by atoms with Gasteiger partial charge in [0.05, 0.1) is 0 Å². The largest absolute Gasteiger partial charge is 0.316 e. The molecule has 0 fully saturated rings. The molecule has 0 spiro atoms. The molecule has 2 nitrogen and oxygen atoms in total. The van der Waals surface area contributed by atoms with E-state index >= 15 is 0 Å². The monoisotopic (exact) mass is 162 g/mol. The van der Waals surface area contributed by atoms with E-state index < -0.39 is 0 Å². The standard InChI is InChI=1S/C7H18N2S/c1-3-8-4-5-9-6-7-10-2/h8-9H,3-7H2,1-2H3. The van der Waals surface area contributed by atoms with E-state index in [-0.39, 0.29) is 0 Å². The van der Waals surface area contributed by atoms with Gasteiger partial charge in [-0.15, -0.1) is 0 Å². The van der Waals surface area contributed by atoms with Crippen molar-refractivity contribution in [2.24, 2.45) is 0 Å². The van der Waals surface area contributed by atoms with Crippen LogP contribution in [0.25, 0.3) is 0 Å². The highest BCUT2D eigenvalue weighted by molar-refractivity contribution is 7.98. The van der Waals surface area contributed by atoms with Crippen molar-refractivity contribution in [3.63, 3.8) is 0 Å². The summed E-state index contributed by atoms with van der Waals surface area (Å²) >= 11 is 1.88. The molecule has 0 radical (unpaired) electrons. The first-order chi connectivity index (χ1) is 4.91. The first-order valence-electron chi connectivity index (χ1n) is 3.82. The van der Waals surface area contributed by atoms with E-state index in [1.165, 1.54) is 5.75 Å². The van der Waals surface area contributed by atoms with Gasteiger partial charge in [-0.2, -0.15) is 11.8 Å². The van der Waals surface area contributed by atoms with Crippen LogP contribution in [-0.4, -0.2) is 38.2 Å². The summed E-state index contributed by atoms with van der Waals surface area (Å²) in [5.74, 6) is 1.21. The highest BCUT2D eigenvalue weighted by Crippen LogP contribution is 1.85. The molecule has 0 bridgehead atoms. The van der Waals surface area contributed by atoms with Gasteiger partial charge in [0.25, 0.3) is 0 Å². The third-order valence-corrected chi connectivity index (χ3v) is 1.82. The van der Waals surface area contributed by atoms with Gasteiger partial charge in [-0.1, -0.05) is 6.92 Å². The van der Waals surface area contributed by atoms with Crippen molar-refractivity contribution in [1.82, 2.24) is 10.6 Å². The molecule has 0 aromatic rings. The molecule has 0 rings (SSSR count). The van der Waals surface area contributed by atoms with Crippen molar-refractivity contribution in [1.29, 1.82) is 0 Å². The predicted octanol–water partition coefficient (Wildman–Crippen LogP) is 0.549. The molecule has 0 atom stereocenters. The quantitative estimate of drug-likeness (QED) is 0.535. The number of likely N-dealkylation sites (N-methyl/N-ethyl adjacent to an activating group) is 1. The molecule has 2 N–H and O–H groups in total. The molecule has 62 valence electrons. The molecule has 0 aliphatic heterocycles. The van der Waals surface area contributed by atoms with Crippen molar-refractivity contribution in [2.45, 2.75) is 6.92 Å². The van der Waals surface area contributed by atoms with E-state index in [4.69, 9.17) is 0 Å². The third kappa shape index (κ3) is 8.27. The maximum atomic E-state index is 3.34. The molecule has 0 saturated carbocycles. The Labute approximate surface area is 68.2 Å². The fourth-order valence-electron chi connectivity index (χ4n) is 0.653. The molecule has 0 aromatic heterocycles. The highest BCUT2D eigenvalue weighted by atomic mass is 32.2. The maximum absolute atomic E-state index is 3.34. The first-order valence-corrected chi connectivity index (χ1v) is 5.21. The summed E-state index contributed by atoms with van der Waals surface area (Å²) in [5.41, 5.74) is 0. The van der Waals surface area contributed by atoms with Gasteiger partial charge in [0.15, 0.2) is 0 Å². The SMILES string of the molecule is CCNCCNCCSC. The normalized spacial score (nSPS) is 10.2. The van der Waals surface area contributed by atoms with Gasteiger partial charge in [0.1, 0.15) is 0 Å². The lowest BCUT2D eigenvalue weighted by Crippen LogP contribution is -2.28. The molecule has 0 amide bonds. The summed E-state index contributed by atoms with van der Waals surface area (Å²) in [6.07, 6.45) is 2.13. The lowest BCUT2D eigenvalue weighted by Gasteiger charge is -2.02. The van der Waals surface area contributed by atoms with Crippen molar-refractivity contribution in [3.8, 4) is 0 Å². The van der Waals surface area contributed by atoms with Crippen LogP contribution in [0.1, 0.15) is 6.92 Å². The van der Waals surface area contributed by atoms with Crippen LogP contribution in [0.2, 0.25) is 0 Å². The number of nitrogens with one attached hydrogen (secondary N) is 2. The van der Waals surface area contributed by atoms with Crippen molar-refractivity contribution < 1.29 is 0 Å². The first kappa shape index (κ1) is 10.3. The Morgan fingerprint density at radius 3 is 2.40 bits per heavy atom. The number of hydrogen-bond donors (Lipinski definition) is 2. The molecule has 10 heavy (non-hydrogen) atoms. The predicted molar refractivity (Wildman–Crippen MR) is 49.8 cm³/mol.